The van der Waals surface area contributed by atoms with Crippen molar-refractivity contribution in [2.75, 3.05) is 19.6 Å². The molecule has 4 rings (SSSR count). The largest absolute Gasteiger partial charge is 0.433 e. The third kappa shape index (κ3) is 3.27. The average Bonchev–Trinajstić information content (AvgIpc) is 3.06. The molecule has 2 aromatic carbocycles. The van der Waals surface area contributed by atoms with Gasteiger partial charge in [-0.3, -0.25) is 0 Å². The molecule has 2 aromatic rings. The topological polar surface area (TPSA) is 38.8 Å². The Balaban J connectivity index is 1.57. The molecule has 2 aliphatic rings. The van der Waals surface area contributed by atoms with E-state index in [-0.39, 0.29) is 5.97 Å². The standard InChI is InChI=1S/C22H25NO3/c24-21-22(18-10-4-1-5-11-18,19-12-6-2-7-13-19)26-20(25-21)14-17-23-15-8-3-9-16-23/h1-2,4-7,10-13,20H,3,8-9,14-17H2/t20-/m1/s1. The van der Waals surface area contributed by atoms with Crippen LogP contribution in [-0.4, -0.2) is 36.8 Å². The average molecular weight is 351 g/mol. The number of nitrogens with zero attached hydrogens (tertiary/aromatic N) is 1. The zero-order valence-corrected chi connectivity index (χ0v) is 15.0. The van der Waals surface area contributed by atoms with Gasteiger partial charge in [-0.05, 0) is 37.1 Å². The van der Waals surface area contributed by atoms with Crippen LogP contribution in [0.2, 0.25) is 0 Å². The molecular formula is C22H25NO3. The number of carbonyl (C=O) groups is 1. The van der Waals surface area contributed by atoms with Crippen LogP contribution in [-0.2, 0) is 19.9 Å². The summed E-state index contributed by atoms with van der Waals surface area (Å²) in [5.74, 6) is -0.321. The molecule has 0 amide bonds. The lowest BCUT2D eigenvalue weighted by Crippen LogP contribution is -2.35. The number of hydrogen-bond acceptors (Lipinski definition) is 4. The highest BCUT2D eigenvalue weighted by atomic mass is 16.8. The second-order valence-corrected chi connectivity index (χ2v) is 7.06. The van der Waals surface area contributed by atoms with Gasteiger partial charge in [0.2, 0.25) is 11.9 Å². The first-order chi connectivity index (χ1) is 12.8. The highest BCUT2D eigenvalue weighted by Gasteiger charge is 2.53. The number of likely N-dealkylation sites (tertiary alicyclic amines) is 1. The molecule has 0 aromatic heterocycles. The smallest absolute Gasteiger partial charge is 0.350 e. The Morgan fingerprint density at radius 2 is 1.46 bits per heavy atom. The monoisotopic (exact) mass is 351 g/mol. The minimum absolute atomic E-state index is 0.321. The van der Waals surface area contributed by atoms with Gasteiger partial charge in [-0.2, -0.15) is 0 Å². The molecule has 4 nitrogen and oxygen atoms in total. The van der Waals surface area contributed by atoms with E-state index in [0.717, 1.165) is 30.8 Å². The highest BCUT2D eigenvalue weighted by molar-refractivity contribution is 5.87. The third-order valence-corrected chi connectivity index (χ3v) is 5.32. The van der Waals surface area contributed by atoms with Crippen molar-refractivity contribution in [2.24, 2.45) is 0 Å². The van der Waals surface area contributed by atoms with Gasteiger partial charge in [-0.15, -0.1) is 0 Å². The van der Waals surface area contributed by atoms with E-state index in [2.05, 4.69) is 4.90 Å². The number of ether oxygens (including phenoxy) is 2. The molecule has 4 heteroatoms. The van der Waals surface area contributed by atoms with Crippen LogP contribution in [0.4, 0.5) is 0 Å². The molecule has 2 heterocycles. The minimum Gasteiger partial charge on any atom is -0.433 e. The van der Waals surface area contributed by atoms with Gasteiger partial charge in [0.25, 0.3) is 0 Å². The second kappa shape index (κ2) is 7.60. The van der Waals surface area contributed by atoms with E-state index < -0.39 is 11.9 Å². The van der Waals surface area contributed by atoms with Crippen molar-refractivity contribution in [3.63, 3.8) is 0 Å². The van der Waals surface area contributed by atoms with Crippen LogP contribution in [0.25, 0.3) is 0 Å². The summed E-state index contributed by atoms with van der Waals surface area (Å²) in [6.45, 7) is 3.16. The molecule has 136 valence electrons. The molecule has 26 heavy (non-hydrogen) atoms. The number of piperidine rings is 1. The van der Waals surface area contributed by atoms with E-state index in [9.17, 15) is 4.79 Å². The molecule has 1 atom stereocenters. The van der Waals surface area contributed by atoms with E-state index in [0.29, 0.717) is 6.42 Å². The van der Waals surface area contributed by atoms with Gasteiger partial charge in [0, 0.05) is 13.0 Å². The molecule has 0 aliphatic carbocycles. The Morgan fingerprint density at radius 3 is 2.04 bits per heavy atom. The molecule has 2 fully saturated rings. The fraction of sp³-hybridized carbons (Fsp3) is 0.409. The number of cyclic esters (lactones) is 1. The van der Waals surface area contributed by atoms with Gasteiger partial charge < -0.3 is 14.4 Å². The van der Waals surface area contributed by atoms with Crippen molar-refractivity contribution < 1.29 is 14.3 Å². The van der Waals surface area contributed by atoms with Gasteiger partial charge in [0.05, 0.1) is 0 Å². The number of rotatable bonds is 5. The summed E-state index contributed by atoms with van der Waals surface area (Å²) in [5, 5.41) is 0. The second-order valence-electron chi connectivity index (χ2n) is 7.06. The third-order valence-electron chi connectivity index (χ3n) is 5.32. The van der Waals surface area contributed by atoms with Crippen LogP contribution in [0.15, 0.2) is 60.7 Å². The summed E-state index contributed by atoms with van der Waals surface area (Å²) < 4.78 is 12.0. The van der Waals surface area contributed by atoms with Crippen molar-refractivity contribution in [3.05, 3.63) is 71.8 Å². The minimum atomic E-state index is -1.17. The van der Waals surface area contributed by atoms with Crippen LogP contribution in [0, 0.1) is 0 Å². The molecule has 2 saturated heterocycles. The Bertz CT molecular complexity index is 686. The molecule has 2 aliphatic heterocycles. The summed E-state index contributed by atoms with van der Waals surface area (Å²) in [4.78, 5) is 15.4. The molecule has 0 saturated carbocycles. The maximum atomic E-state index is 13.0. The zero-order chi connectivity index (χ0) is 17.8. The van der Waals surface area contributed by atoms with Crippen LogP contribution in [0.3, 0.4) is 0 Å². The maximum absolute atomic E-state index is 13.0. The van der Waals surface area contributed by atoms with Crippen LogP contribution in [0.1, 0.15) is 36.8 Å². The van der Waals surface area contributed by atoms with E-state index in [1.807, 2.05) is 60.7 Å². The molecule has 0 bridgehead atoms. The summed E-state index contributed by atoms with van der Waals surface area (Å²) in [6.07, 6.45) is 4.01. The summed E-state index contributed by atoms with van der Waals surface area (Å²) in [7, 11) is 0. The van der Waals surface area contributed by atoms with Crippen LogP contribution >= 0.6 is 0 Å². The van der Waals surface area contributed by atoms with Gasteiger partial charge in [0.1, 0.15) is 0 Å². The van der Waals surface area contributed by atoms with Crippen LogP contribution < -0.4 is 0 Å². The van der Waals surface area contributed by atoms with E-state index in [1.165, 1.54) is 19.3 Å². The van der Waals surface area contributed by atoms with Crippen LogP contribution in [0.5, 0.6) is 0 Å². The molecule has 0 spiro atoms. The zero-order valence-electron chi connectivity index (χ0n) is 15.0. The Hall–Kier alpha value is -2.17. The molecule has 0 radical (unpaired) electrons. The van der Waals surface area contributed by atoms with Crippen molar-refractivity contribution in [2.45, 2.75) is 37.6 Å². The first-order valence-corrected chi connectivity index (χ1v) is 9.51. The van der Waals surface area contributed by atoms with Gasteiger partial charge in [-0.1, -0.05) is 67.1 Å². The fourth-order valence-corrected chi connectivity index (χ4v) is 3.94. The summed E-state index contributed by atoms with van der Waals surface area (Å²) >= 11 is 0. The quantitative estimate of drug-likeness (QED) is 0.770. The predicted octanol–water partition coefficient (Wildman–Crippen LogP) is 3.71. The van der Waals surface area contributed by atoms with Gasteiger partial charge in [-0.25, -0.2) is 4.79 Å². The lowest BCUT2D eigenvalue weighted by Gasteiger charge is -2.28. The molecule has 0 N–H and O–H groups in total. The maximum Gasteiger partial charge on any atom is 0.350 e. The normalized spacial score (nSPS) is 22.9. The lowest BCUT2D eigenvalue weighted by atomic mass is 9.86. The number of esters is 1. The number of benzene rings is 2. The number of hydrogen-bond donors (Lipinski definition) is 0. The summed E-state index contributed by atoms with van der Waals surface area (Å²) in [5.41, 5.74) is 0.461. The molecular weight excluding hydrogens is 326 g/mol. The van der Waals surface area contributed by atoms with Crippen molar-refractivity contribution >= 4 is 5.97 Å². The van der Waals surface area contributed by atoms with Gasteiger partial charge in [0.15, 0.2) is 0 Å². The Morgan fingerprint density at radius 1 is 0.885 bits per heavy atom. The number of carbonyl (C=O) groups excluding carboxylic acids is 1. The molecule has 0 unspecified atom stereocenters. The first-order valence-electron chi connectivity index (χ1n) is 9.51. The fourth-order valence-electron chi connectivity index (χ4n) is 3.94. The predicted molar refractivity (Wildman–Crippen MR) is 99.5 cm³/mol. The van der Waals surface area contributed by atoms with Crippen molar-refractivity contribution in [1.29, 1.82) is 0 Å². The highest BCUT2D eigenvalue weighted by Crippen LogP contribution is 2.41. The van der Waals surface area contributed by atoms with Crippen molar-refractivity contribution in [1.82, 2.24) is 4.90 Å². The summed E-state index contributed by atoms with van der Waals surface area (Å²) in [6, 6.07) is 19.3. The Kier molecular flexibility index (Phi) is 5.05. The lowest BCUT2D eigenvalue weighted by molar-refractivity contribution is -0.145. The van der Waals surface area contributed by atoms with Gasteiger partial charge >= 0.3 is 5.97 Å². The Labute approximate surface area is 154 Å². The van der Waals surface area contributed by atoms with E-state index in [1.54, 1.807) is 0 Å². The first kappa shape index (κ1) is 17.3. The van der Waals surface area contributed by atoms with Crippen molar-refractivity contribution in [3.8, 4) is 0 Å². The SMILES string of the molecule is O=C1O[C@@H](CCN2CCCCC2)OC1(c1ccccc1)c1ccccc1. The van der Waals surface area contributed by atoms with E-state index in [4.69, 9.17) is 9.47 Å². The van der Waals surface area contributed by atoms with E-state index >= 15 is 0 Å².